The SMILES string of the molecule is Cc1cc(OCCN(C)C2CC2)c(CNC(C)(C)C)cn1. The highest BCUT2D eigenvalue weighted by molar-refractivity contribution is 5.33. The fourth-order valence-electron chi connectivity index (χ4n) is 2.19. The molecule has 0 amide bonds. The van der Waals surface area contributed by atoms with E-state index >= 15 is 0 Å². The van der Waals surface area contributed by atoms with E-state index in [0.717, 1.165) is 42.7 Å². The van der Waals surface area contributed by atoms with Gasteiger partial charge in [-0.25, -0.2) is 0 Å². The third-order valence-electron chi connectivity index (χ3n) is 3.76. The van der Waals surface area contributed by atoms with Gasteiger partial charge in [0.1, 0.15) is 12.4 Å². The second kappa shape index (κ2) is 6.75. The third-order valence-corrected chi connectivity index (χ3v) is 3.76. The molecule has 1 aliphatic rings. The smallest absolute Gasteiger partial charge is 0.127 e. The highest BCUT2D eigenvalue weighted by atomic mass is 16.5. The van der Waals surface area contributed by atoms with Crippen molar-refractivity contribution in [3.05, 3.63) is 23.5 Å². The molecule has 0 bridgehead atoms. The van der Waals surface area contributed by atoms with Crippen LogP contribution in [0.2, 0.25) is 0 Å². The van der Waals surface area contributed by atoms with Crippen molar-refractivity contribution in [2.45, 2.75) is 58.7 Å². The molecular weight excluding hydrogens is 262 g/mol. The van der Waals surface area contributed by atoms with Gasteiger partial charge in [0, 0.05) is 48.2 Å². The Bertz CT molecular complexity index is 464. The first-order valence-corrected chi connectivity index (χ1v) is 7.89. The van der Waals surface area contributed by atoms with Crippen LogP contribution in [0.4, 0.5) is 0 Å². The van der Waals surface area contributed by atoms with Crippen molar-refractivity contribution >= 4 is 0 Å². The molecule has 4 nitrogen and oxygen atoms in total. The molecule has 1 saturated carbocycles. The summed E-state index contributed by atoms with van der Waals surface area (Å²) in [4.78, 5) is 6.78. The summed E-state index contributed by atoms with van der Waals surface area (Å²) in [6, 6.07) is 2.83. The molecule has 1 N–H and O–H groups in total. The minimum Gasteiger partial charge on any atom is -0.492 e. The topological polar surface area (TPSA) is 37.4 Å². The van der Waals surface area contributed by atoms with Crippen LogP contribution in [0.3, 0.4) is 0 Å². The van der Waals surface area contributed by atoms with Crippen molar-refractivity contribution in [3.8, 4) is 5.75 Å². The zero-order valence-electron chi connectivity index (χ0n) is 14.1. The lowest BCUT2D eigenvalue weighted by atomic mass is 10.1. The largest absolute Gasteiger partial charge is 0.492 e. The van der Waals surface area contributed by atoms with Crippen molar-refractivity contribution in [1.82, 2.24) is 15.2 Å². The highest BCUT2D eigenvalue weighted by Gasteiger charge is 2.25. The molecule has 0 spiro atoms. The molecule has 4 heteroatoms. The predicted octanol–water partition coefficient (Wildman–Crippen LogP) is 2.75. The van der Waals surface area contributed by atoms with Gasteiger partial charge in [0.2, 0.25) is 0 Å². The van der Waals surface area contributed by atoms with Gasteiger partial charge in [0.05, 0.1) is 0 Å². The Morgan fingerprint density at radius 3 is 2.71 bits per heavy atom. The lowest BCUT2D eigenvalue weighted by Crippen LogP contribution is -2.35. The average Bonchev–Trinajstić information content (AvgIpc) is 3.20. The normalized spacial score (nSPS) is 15.5. The lowest BCUT2D eigenvalue weighted by molar-refractivity contribution is 0.229. The van der Waals surface area contributed by atoms with Crippen molar-refractivity contribution < 1.29 is 4.74 Å². The van der Waals surface area contributed by atoms with Crippen LogP contribution in [0.5, 0.6) is 5.75 Å². The molecule has 1 aromatic heterocycles. The number of ether oxygens (including phenoxy) is 1. The number of aryl methyl sites for hydroxylation is 1. The van der Waals surface area contributed by atoms with Gasteiger partial charge in [0.25, 0.3) is 0 Å². The highest BCUT2D eigenvalue weighted by Crippen LogP contribution is 2.25. The number of hydrogen-bond acceptors (Lipinski definition) is 4. The van der Waals surface area contributed by atoms with E-state index in [0.29, 0.717) is 0 Å². The standard InChI is InChI=1S/C17H29N3O/c1-13-10-16(21-9-8-20(5)15-6-7-15)14(11-18-13)12-19-17(2,3)4/h10-11,15,19H,6-9,12H2,1-5H3. The molecule has 0 aromatic carbocycles. The molecule has 1 aliphatic carbocycles. The molecule has 1 aromatic rings. The Balaban J connectivity index is 1.90. The second-order valence-corrected chi connectivity index (χ2v) is 7.10. The van der Waals surface area contributed by atoms with Gasteiger partial charge in [-0.05, 0) is 47.6 Å². The number of likely N-dealkylation sites (N-methyl/N-ethyl adjacent to an activating group) is 1. The summed E-state index contributed by atoms with van der Waals surface area (Å²) in [5, 5.41) is 3.50. The predicted molar refractivity (Wildman–Crippen MR) is 86.7 cm³/mol. The Kier molecular flexibility index (Phi) is 5.22. The number of aromatic nitrogens is 1. The van der Waals surface area contributed by atoms with E-state index in [4.69, 9.17) is 4.74 Å². The molecule has 0 unspecified atom stereocenters. The van der Waals surface area contributed by atoms with Gasteiger partial charge in [-0.3, -0.25) is 4.98 Å². The molecule has 1 heterocycles. The molecule has 0 radical (unpaired) electrons. The Hall–Kier alpha value is -1.13. The molecule has 0 aliphatic heterocycles. The minimum absolute atomic E-state index is 0.0916. The van der Waals surface area contributed by atoms with Crippen LogP contribution in [-0.4, -0.2) is 41.7 Å². The number of nitrogens with zero attached hydrogens (tertiary/aromatic N) is 2. The molecular formula is C17H29N3O. The number of pyridine rings is 1. The summed E-state index contributed by atoms with van der Waals surface area (Å²) in [7, 11) is 2.18. The van der Waals surface area contributed by atoms with Gasteiger partial charge in [-0.2, -0.15) is 0 Å². The van der Waals surface area contributed by atoms with Crippen LogP contribution < -0.4 is 10.1 Å². The number of hydrogen-bond donors (Lipinski definition) is 1. The van der Waals surface area contributed by atoms with Crippen LogP contribution in [0.1, 0.15) is 44.9 Å². The summed E-state index contributed by atoms with van der Waals surface area (Å²) in [6.45, 7) is 11.0. The van der Waals surface area contributed by atoms with Crippen LogP contribution >= 0.6 is 0 Å². The summed E-state index contributed by atoms with van der Waals surface area (Å²) in [6.07, 6.45) is 4.60. The van der Waals surface area contributed by atoms with E-state index in [9.17, 15) is 0 Å². The summed E-state index contributed by atoms with van der Waals surface area (Å²) in [5.74, 6) is 0.962. The van der Waals surface area contributed by atoms with Gasteiger partial charge in [-0.15, -0.1) is 0 Å². The number of nitrogens with one attached hydrogen (secondary N) is 1. The summed E-state index contributed by atoms with van der Waals surface area (Å²) >= 11 is 0. The average molecular weight is 291 g/mol. The van der Waals surface area contributed by atoms with E-state index in [1.165, 1.54) is 12.8 Å². The van der Waals surface area contributed by atoms with Gasteiger partial charge >= 0.3 is 0 Å². The van der Waals surface area contributed by atoms with Crippen molar-refractivity contribution in [1.29, 1.82) is 0 Å². The third kappa shape index (κ3) is 5.64. The van der Waals surface area contributed by atoms with E-state index in [-0.39, 0.29) is 5.54 Å². The van der Waals surface area contributed by atoms with E-state index in [1.807, 2.05) is 19.2 Å². The molecule has 1 fully saturated rings. The van der Waals surface area contributed by atoms with E-state index < -0.39 is 0 Å². The first-order chi connectivity index (χ1) is 9.85. The minimum atomic E-state index is 0.0916. The second-order valence-electron chi connectivity index (χ2n) is 7.10. The van der Waals surface area contributed by atoms with E-state index in [1.54, 1.807) is 0 Å². The molecule has 118 valence electrons. The number of rotatable bonds is 7. The Labute approximate surface area is 128 Å². The fraction of sp³-hybridized carbons (Fsp3) is 0.706. The monoisotopic (exact) mass is 291 g/mol. The molecule has 2 rings (SSSR count). The van der Waals surface area contributed by atoms with Gasteiger partial charge < -0.3 is 15.0 Å². The Morgan fingerprint density at radius 1 is 1.38 bits per heavy atom. The van der Waals surface area contributed by atoms with Gasteiger partial charge in [-0.1, -0.05) is 0 Å². The van der Waals surface area contributed by atoms with Gasteiger partial charge in [0.15, 0.2) is 0 Å². The first-order valence-electron chi connectivity index (χ1n) is 7.89. The first kappa shape index (κ1) is 16.2. The lowest BCUT2D eigenvalue weighted by Gasteiger charge is -2.22. The summed E-state index contributed by atoms with van der Waals surface area (Å²) < 4.78 is 6.01. The maximum Gasteiger partial charge on any atom is 0.127 e. The quantitative estimate of drug-likeness (QED) is 0.838. The molecule has 21 heavy (non-hydrogen) atoms. The summed E-state index contributed by atoms with van der Waals surface area (Å²) in [5.41, 5.74) is 2.22. The maximum absolute atomic E-state index is 6.01. The van der Waals surface area contributed by atoms with Crippen molar-refractivity contribution in [2.24, 2.45) is 0 Å². The molecule has 0 atom stereocenters. The zero-order valence-corrected chi connectivity index (χ0v) is 14.1. The van der Waals surface area contributed by atoms with Crippen LogP contribution in [-0.2, 0) is 6.54 Å². The van der Waals surface area contributed by atoms with Crippen molar-refractivity contribution in [2.75, 3.05) is 20.2 Å². The van der Waals surface area contributed by atoms with E-state index in [2.05, 4.69) is 43.0 Å². The van der Waals surface area contributed by atoms with Crippen LogP contribution in [0, 0.1) is 6.92 Å². The maximum atomic E-state index is 6.01. The van der Waals surface area contributed by atoms with Crippen LogP contribution in [0.15, 0.2) is 12.3 Å². The van der Waals surface area contributed by atoms with Crippen molar-refractivity contribution in [3.63, 3.8) is 0 Å². The fourth-order valence-corrected chi connectivity index (χ4v) is 2.19. The van der Waals surface area contributed by atoms with Crippen LogP contribution in [0.25, 0.3) is 0 Å². The molecule has 0 saturated heterocycles. The zero-order chi connectivity index (χ0) is 15.5. The Morgan fingerprint density at radius 2 is 2.10 bits per heavy atom.